The van der Waals surface area contributed by atoms with E-state index in [9.17, 15) is 4.79 Å². The highest BCUT2D eigenvalue weighted by Gasteiger charge is 2.07. The summed E-state index contributed by atoms with van der Waals surface area (Å²) in [5, 5.41) is 6.03. The summed E-state index contributed by atoms with van der Waals surface area (Å²) in [6, 6.07) is 8.19. The molecule has 0 aliphatic rings. The van der Waals surface area contributed by atoms with Gasteiger partial charge < -0.3 is 15.5 Å². The van der Waals surface area contributed by atoms with Crippen molar-refractivity contribution in [2.75, 3.05) is 29.9 Å². The van der Waals surface area contributed by atoms with Crippen LogP contribution in [-0.4, -0.2) is 35.5 Å². The summed E-state index contributed by atoms with van der Waals surface area (Å²) in [5.41, 5.74) is 2.46. The van der Waals surface area contributed by atoms with Gasteiger partial charge in [-0.1, -0.05) is 13.3 Å². The molecule has 25 heavy (non-hydrogen) atoms. The van der Waals surface area contributed by atoms with E-state index in [1.807, 2.05) is 12.1 Å². The zero-order chi connectivity index (χ0) is 18.1. The SMILES string of the molecule is CCCCNC(=O)c1cnc(Nc2ccc(N(CC)CC)cc2)cn1. The van der Waals surface area contributed by atoms with Crippen molar-refractivity contribution in [2.45, 2.75) is 33.6 Å². The van der Waals surface area contributed by atoms with E-state index in [0.29, 0.717) is 18.1 Å². The molecule has 134 valence electrons. The minimum atomic E-state index is -0.184. The van der Waals surface area contributed by atoms with E-state index in [-0.39, 0.29) is 5.91 Å². The predicted molar refractivity (Wildman–Crippen MR) is 103 cm³/mol. The fourth-order valence-electron chi connectivity index (χ4n) is 2.47. The third-order valence-corrected chi connectivity index (χ3v) is 3.97. The first-order valence-electron chi connectivity index (χ1n) is 8.90. The van der Waals surface area contributed by atoms with Crippen LogP contribution in [0.2, 0.25) is 0 Å². The number of nitrogens with zero attached hydrogens (tertiary/aromatic N) is 3. The van der Waals surface area contributed by atoms with Crippen molar-refractivity contribution >= 4 is 23.1 Å². The van der Waals surface area contributed by atoms with E-state index in [4.69, 9.17) is 0 Å². The molecule has 0 aliphatic carbocycles. The molecule has 0 bridgehead atoms. The van der Waals surface area contributed by atoms with Crippen LogP contribution in [0.1, 0.15) is 44.1 Å². The summed E-state index contributed by atoms with van der Waals surface area (Å²) in [7, 11) is 0. The number of aromatic nitrogens is 2. The fraction of sp³-hybridized carbons (Fsp3) is 0.421. The monoisotopic (exact) mass is 341 g/mol. The van der Waals surface area contributed by atoms with Gasteiger partial charge in [0.15, 0.2) is 0 Å². The van der Waals surface area contributed by atoms with Crippen molar-refractivity contribution in [3.63, 3.8) is 0 Å². The summed E-state index contributed by atoms with van der Waals surface area (Å²) in [6.45, 7) is 9.00. The van der Waals surface area contributed by atoms with Crippen molar-refractivity contribution in [1.82, 2.24) is 15.3 Å². The average molecular weight is 341 g/mol. The first kappa shape index (κ1) is 18.7. The van der Waals surface area contributed by atoms with E-state index in [2.05, 4.69) is 58.4 Å². The van der Waals surface area contributed by atoms with Gasteiger partial charge in [-0.3, -0.25) is 4.79 Å². The van der Waals surface area contributed by atoms with E-state index in [0.717, 1.165) is 31.6 Å². The highest BCUT2D eigenvalue weighted by molar-refractivity contribution is 5.92. The third-order valence-electron chi connectivity index (χ3n) is 3.97. The summed E-state index contributed by atoms with van der Waals surface area (Å²) >= 11 is 0. The number of hydrogen-bond donors (Lipinski definition) is 2. The Morgan fingerprint density at radius 1 is 1.04 bits per heavy atom. The van der Waals surface area contributed by atoms with Crippen LogP contribution in [0, 0.1) is 0 Å². The van der Waals surface area contributed by atoms with Crippen LogP contribution < -0.4 is 15.5 Å². The van der Waals surface area contributed by atoms with E-state index >= 15 is 0 Å². The van der Waals surface area contributed by atoms with Gasteiger partial charge in [0, 0.05) is 31.0 Å². The summed E-state index contributed by atoms with van der Waals surface area (Å²) < 4.78 is 0. The molecule has 6 nitrogen and oxygen atoms in total. The zero-order valence-corrected chi connectivity index (χ0v) is 15.2. The molecule has 1 amide bonds. The second-order valence-corrected chi connectivity index (χ2v) is 5.74. The number of hydrogen-bond acceptors (Lipinski definition) is 5. The molecule has 0 radical (unpaired) electrons. The lowest BCUT2D eigenvalue weighted by molar-refractivity contribution is 0.0948. The maximum absolute atomic E-state index is 11.9. The van der Waals surface area contributed by atoms with Crippen LogP contribution in [0.3, 0.4) is 0 Å². The first-order chi connectivity index (χ1) is 12.2. The number of anilines is 3. The number of carbonyl (C=O) groups excluding carboxylic acids is 1. The van der Waals surface area contributed by atoms with Gasteiger partial charge in [0.1, 0.15) is 11.5 Å². The molecular weight excluding hydrogens is 314 g/mol. The summed E-state index contributed by atoms with van der Waals surface area (Å²) in [5.74, 6) is 0.428. The van der Waals surface area contributed by atoms with Gasteiger partial charge >= 0.3 is 0 Å². The van der Waals surface area contributed by atoms with Crippen LogP contribution >= 0.6 is 0 Å². The second-order valence-electron chi connectivity index (χ2n) is 5.74. The third kappa shape index (κ3) is 5.45. The minimum absolute atomic E-state index is 0.184. The summed E-state index contributed by atoms with van der Waals surface area (Å²) in [4.78, 5) is 22.6. The standard InChI is InChI=1S/C19H27N5O/c1-4-7-12-20-19(25)17-13-22-18(14-21-17)23-15-8-10-16(11-9-15)24(5-2)6-3/h8-11,13-14H,4-7,12H2,1-3H3,(H,20,25)(H,22,23). The lowest BCUT2D eigenvalue weighted by Crippen LogP contribution is -2.25. The Morgan fingerprint density at radius 2 is 1.76 bits per heavy atom. The van der Waals surface area contributed by atoms with Crippen molar-refractivity contribution in [1.29, 1.82) is 0 Å². The normalized spacial score (nSPS) is 10.4. The van der Waals surface area contributed by atoms with Crippen LogP contribution in [0.4, 0.5) is 17.2 Å². The van der Waals surface area contributed by atoms with E-state index < -0.39 is 0 Å². The number of amides is 1. The number of carbonyl (C=O) groups is 1. The van der Waals surface area contributed by atoms with Gasteiger partial charge in [-0.05, 0) is 44.5 Å². The highest BCUT2D eigenvalue weighted by Crippen LogP contribution is 2.20. The van der Waals surface area contributed by atoms with Gasteiger partial charge in [0.25, 0.3) is 5.91 Å². The van der Waals surface area contributed by atoms with Crippen LogP contribution in [-0.2, 0) is 0 Å². The molecule has 2 rings (SSSR count). The maximum atomic E-state index is 11.9. The Labute approximate surface area is 149 Å². The summed E-state index contributed by atoms with van der Waals surface area (Å²) in [6.07, 6.45) is 5.07. The van der Waals surface area contributed by atoms with Crippen molar-refractivity contribution < 1.29 is 4.79 Å². The molecular formula is C19H27N5O. The maximum Gasteiger partial charge on any atom is 0.271 e. The van der Waals surface area contributed by atoms with Gasteiger partial charge in [0.05, 0.1) is 12.4 Å². The molecule has 0 unspecified atom stereocenters. The molecule has 0 aliphatic heterocycles. The first-order valence-corrected chi connectivity index (χ1v) is 8.90. The molecule has 6 heteroatoms. The Kier molecular flexibility index (Phi) is 7.19. The van der Waals surface area contributed by atoms with E-state index in [1.165, 1.54) is 11.9 Å². The predicted octanol–water partition coefficient (Wildman–Crippen LogP) is 3.60. The van der Waals surface area contributed by atoms with Gasteiger partial charge in [-0.2, -0.15) is 0 Å². The Morgan fingerprint density at radius 3 is 2.32 bits per heavy atom. The highest BCUT2D eigenvalue weighted by atomic mass is 16.1. The molecule has 0 fully saturated rings. The zero-order valence-electron chi connectivity index (χ0n) is 15.2. The molecule has 0 saturated heterocycles. The molecule has 1 aromatic heterocycles. The van der Waals surface area contributed by atoms with Crippen molar-refractivity contribution in [3.8, 4) is 0 Å². The van der Waals surface area contributed by atoms with Crippen LogP contribution in [0.15, 0.2) is 36.7 Å². The topological polar surface area (TPSA) is 70.2 Å². The molecule has 0 spiro atoms. The molecule has 2 aromatic rings. The number of rotatable bonds is 9. The lowest BCUT2D eigenvalue weighted by atomic mass is 10.2. The Hall–Kier alpha value is -2.63. The molecule has 2 N–H and O–H groups in total. The number of unbranched alkanes of at least 4 members (excludes halogenated alkanes) is 1. The van der Waals surface area contributed by atoms with Gasteiger partial charge in [0.2, 0.25) is 0 Å². The Bertz CT molecular complexity index is 651. The van der Waals surface area contributed by atoms with E-state index in [1.54, 1.807) is 6.20 Å². The van der Waals surface area contributed by atoms with Crippen molar-refractivity contribution in [3.05, 3.63) is 42.4 Å². The van der Waals surface area contributed by atoms with Crippen molar-refractivity contribution in [2.24, 2.45) is 0 Å². The quantitative estimate of drug-likeness (QED) is 0.682. The van der Waals surface area contributed by atoms with Gasteiger partial charge in [-0.25, -0.2) is 9.97 Å². The number of nitrogens with one attached hydrogen (secondary N) is 2. The largest absolute Gasteiger partial charge is 0.372 e. The smallest absolute Gasteiger partial charge is 0.271 e. The molecule has 0 saturated carbocycles. The minimum Gasteiger partial charge on any atom is -0.372 e. The van der Waals surface area contributed by atoms with Gasteiger partial charge in [-0.15, -0.1) is 0 Å². The fourth-order valence-corrected chi connectivity index (χ4v) is 2.47. The van der Waals surface area contributed by atoms with Crippen LogP contribution in [0.5, 0.6) is 0 Å². The average Bonchev–Trinajstić information content (AvgIpc) is 2.65. The second kappa shape index (κ2) is 9.61. The molecule has 1 aromatic carbocycles. The molecule has 0 atom stereocenters. The number of benzene rings is 1. The Balaban J connectivity index is 1.95. The lowest BCUT2D eigenvalue weighted by Gasteiger charge is -2.21. The molecule has 1 heterocycles. The van der Waals surface area contributed by atoms with Crippen LogP contribution in [0.25, 0.3) is 0 Å².